The van der Waals surface area contributed by atoms with Crippen LogP contribution in [0.4, 0.5) is 14.5 Å². The second kappa shape index (κ2) is 7.54. The van der Waals surface area contributed by atoms with E-state index in [9.17, 15) is 4.79 Å². The fourth-order valence-corrected chi connectivity index (χ4v) is 4.00. The molecule has 1 aliphatic heterocycles. The standard InChI is InChI=1S/C22H21F2N3O/c23-21-20(17-14-25-26-15-17)10-12-27(19-8-6-16(7-9-19)11-13-28)22(21,24)18-4-2-1-3-5-18/h1-9,13-15,20-21H,10-12H2,(H,25,26). The Balaban J connectivity index is 1.76. The van der Waals surface area contributed by atoms with Crippen molar-refractivity contribution in [2.45, 2.75) is 30.7 Å². The molecule has 1 fully saturated rings. The summed E-state index contributed by atoms with van der Waals surface area (Å²) in [6.07, 6.45) is 3.02. The highest BCUT2D eigenvalue weighted by molar-refractivity contribution is 5.58. The summed E-state index contributed by atoms with van der Waals surface area (Å²) in [5.41, 5.74) is 2.39. The second-order valence-corrected chi connectivity index (χ2v) is 7.06. The number of alkyl halides is 2. The number of anilines is 1. The Morgan fingerprint density at radius 1 is 1.18 bits per heavy atom. The summed E-state index contributed by atoms with van der Waals surface area (Å²) in [6, 6.07) is 15.5. The fourth-order valence-electron chi connectivity index (χ4n) is 4.00. The van der Waals surface area contributed by atoms with Gasteiger partial charge in [0.2, 0.25) is 5.79 Å². The maximum atomic E-state index is 16.6. The smallest absolute Gasteiger partial charge is 0.240 e. The third-order valence-corrected chi connectivity index (χ3v) is 5.47. The average Bonchev–Trinajstić information content (AvgIpc) is 3.26. The lowest BCUT2D eigenvalue weighted by molar-refractivity contribution is -0.107. The van der Waals surface area contributed by atoms with Gasteiger partial charge in [-0.1, -0.05) is 42.5 Å². The van der Waals surface area contributed by atoms with E-state index in [0.717, 1.165) is 11.8 Å². The minimum Gasteiger partial charge on any atom is -0.333 e. The molecule has 1 N–H and O–H groups in total. The predicted octanol–water partition coefficient (Wildman–Crippen LogP) is 4.31. The van der Waals surface area contributed by atoms with E-state index < -0.39 is 17.9 Å². The topological polar surface area (TPSA) is 49.0 Å². The van der Waals surface area contributed by atoms with E-state index in [4.69, 9.17) is 0 Å². The average molecular weight is 381 g/mol. The van der Waals surface area contributed by atoms with Crippen molar-refractivity contribution in [2.24, 2.45) is 0 Å². The Hall–Kier alpha value is -3.02. The molecule has 0 saturated carbocycles. The number of carbonyl (C=O) groups excluding carboxylic acids is 1. The Morgan fingerprint density at radius 3 is 2.57 bits per heavy atom. The number of hydrogen-bond acceptors (Lipinski definition) is 3. The molecule has 1 aliphatic rings. The van der Waals surface area contributed by atoms with Gasteiger partial charge in [0.15, 0.2) is 6.17 Å². The van der Waals surface area contributed by atoms with Crippen LogP contribution in [-0.2, 0) is 17.0 Å². The van der Waals surface area contributed by atoms with E-state index in [1.165, 1.54) is 4.90 Å². The van der Waals surface area contributed by atoms with E-state index in [0.29, 0.717) is 30.6 Å². The monoisotopic (exact) mass is 381 g/mol. The molecule has 0 amide bonds. The normalized spacial score (nSPS) is 24.9. The van der Waals surface area contributed by atoms with Crippen molar-refractivity contribution in [1.29, 1.82) is 0 Å². The molecule has 3 atom stereocenters. The molecule has 0 spiro atoms. The molecular formula is C22H21F2N3O. The summed E-state index contributed by atoms with van der Waals surface area (Å²) in [5, 5.41) is 6.60. The molecule has 28 heavy (non-hydrogen) atoms. The Morgan fingerprint density at radius 2 is 1.93 bits per heavy atom. The Labute approximate surface area is 162 Å². The minimum absolute atomic E-state index is 0.285. The van der Waals surface area contributed by atoms with Crippen LogP contribution in [0.25, 0.3) is 0 Å². The van der Waals surface area contributed by atoms with Gasteiger partial charge in [-0.2, -0.15) is 5.10 Å². The molecule has 2 heterocycles. The molecule has 4 rings (SSSR count). The third-order valence-electron chi connectivity index (χ3n) is 5.47. The number of halogens is 2. The maximum absolute atomic E-state index is 16.6. The number of rotatable bonds is 5. The van der Waals surface area contributed by atoms with Crippen LogP contribution in [0.15, 0.2) is 67.0 Å². The molecule has 3 aromatic rings. The van der Waals surface area contributed by atoms with Gasteiger partial charge in [-0.15, -0.1) is 0 Å². The highest BCUT2D eigenvalue weighted by Gasteiger charge is 2.54. The summed E-state index contributed by atoms with van der Waals surface area (Å²) in [7, 11) is 0. The largest absolute Gasteiger partial charge is 0.333 e. The van der Waals surface area contributed by atoms with Gasteiger partial charge in [0.25, 0.3) is 0 Å². The van der Waals surface area contributed by atoms with Crippen LogP contribution in [0, 0.1) is 0 Å². The number of aromatic amines is 1. The van der Waals surface area contributed by atoms with Crippen molar-refractivity contribution in [1.82, 2.24) is 10.2 Å². The molecule has 4 nitrogen and oxygen atoms in total. The lowest BCUT2D eigenvalue weighted by atomic mass is 9.80. The van der Waals surface area contributed by atoms with Crippen LogP contribution in [0.3, 0.4) is 0 Å². The maximum Gasteiger partial charge on any atom is 0.240 e. The van der Waals surface area contributed by atoms with E-state index in [1.54, 1.807) is 67.0 Å². The van der Waals surface area contributed by atoms with Gasteiger partial charge in [0.05, 0.1) is 6.20 Å². The highest BCUT2D eigenvalue weighted by Crippen LogP contribution is 2.48. The molecule has 0 aliphatic carbocycles. The number of hydrogen-bond donors (Lipinski definition) is 1. The summed E-state index contributed by atoms with van der Waals surface area (Å²) in [6.45, 7) is 0.356. The lowest BCUT2D eigenvalue weighted by Crippen LogP contribution is -2.56. The van der Waals surface area contributed by atoms with E-state index in [-0.39, 0.29) is 5.56 Å². The highest BCUT2D eigenvalue weighted by atomic mass is 19.2. The van der Waals surface area contributed by atoms with Gasteiger partial charge < -0.3 is 9.69 Å². The van der Waals surface area contributed by atoms with Gasteiger partial charge in [0, 0.05) is 36.3 Å². The van der Waals surface area contributed by atoms with E-state index in [1.807, 2.05) is 0 Å². The molecular weight excluding hydrogens is 360 g/mol. The molecule has 1 aromatic heterocycles. The SMILES string of the molecule is O=CCc1ccc(N2CCC(c3cn[nH]c3)C(F)C2(F)c2ccccc2)cc1. The van der Waals surface area contributed by atoms with Gasteiger partial charge in [-0.05, 0) is 29.7 Å². The zero-order chi connectivity index (χ0) is 19.6. The summed E-state index contributed by atoms with van der Waals surface area (Å²) in [4.78, 5) is 12.2. The van der Waals surface area contributed by atoms with Crippen LogP contribution in [0.2, 0.25) is 0 Å². The number of aromatic nitrogens is 2. The van der Waals surface area contributed by atoms with Crippen LogP contribution in [-0.4, -0.2) is 29.2 Å². The Kier molecular flexibility index (Phi) is 4.94. The summed E-state index contributed by atoms with van der Waals surface area (Å²) < 4.78 is 32.4. The number of nitrogens with one attached hydrogen (secondary N) is 1. The summed E-state index contributed by atoms with van der Waals surface area (Å²) in [5.74, 6) is -2.90. The zero-order valence-corrected chi connectivity index (χ0v) is 15.3. The molecule has 0 radical (unpaired) electrons. The number of aldehydes is 1. The third kappa shape index (κ3) is 3.09. The number of nitrogens with zero attached hydrogens (tertiary/aromatic N) is 2. The van der Waals surface area contributed by atoms with Crippen LogP contribution in [0.1, 0.15) is 29.0 Å². The lowest BCUT2D eigenvalue weighted by Gasteiger charge is -2.48. The molecule has 144 valence electrons. The first-order chi connectivity index (χ1) is 13.6. The molecule has 1 saturated heterocycles. The second-order valence-electron chi connectivity index (χ2n) is 7.06. The van der Waals surface area contributed by atoms with Crippen molar-refractivity contribution in [2.75, 3.05) is 11.4 Å². The van der Waals surface area contributed by atoms with Gasteiger partial charge in [-0.25, -0.2) is 8.78 Å². The van der Waals surface area contributed by atoms with E-state index in [2.05, 4.69) is 10.2 Å². The van der Waals surface area contributed by atoms with Crippen LogP contribution >= 0.6 is 0 Å². The first-order valence-electron chi connectivity index (χ1n) is 9.32. The summed E-state index contributed by atoms with van der Waals surface area (Å²) >= 11 is 0. The first-order valence-corrected chi connectivity index (χ1v) is 9.32. The number of piperidine rings is 1. The fraction of sp³-hybridized carbons (Fsp3) is 0.273. The van der Waals surface area contributed by atoms with Crippen molar-refractivity contribution in [3.8, 4) is 0 Å². The predicted molar refractivity (Wildman–Crippen MR) is 104 cm³/mol. The van der Waals surface area contributed by atoms with Crippen molar-refractivity contribution in [3.05, 3.63) is 83.7 Å². The van der Waals surface area contributed by atoms with E-state index >= 15 is 8.78 Å². The van der Waals surface area contributed by atoms with Crippen molar-refractivity contribution >= 4 is 12.0 Å². The quantitative estimate of drug-likeness (QED) is 0.529. The molecule has 2 aromatic carbocycles. The van der Waals surface area contributed by atoms with Gasteiger partial charge in [-0.3, -0.25) is 5.10 Å². The molecule has 0 bridgehead atoms. The van der Waals surface area contributed by atoms with Crippen molar-refractivity contribution in [3.63, 3.8) is 0 Å². The Bertz CT molecular complexity index is 915. The number of H-pyrrole nitrogens is 1. The first kappa shape index (κ1) is 18.3. The van der Waals surface area contributed by atoms with Gasteiger partial charge in [0.1, 0.15) is 6.29 Å². The molecule has 6 heteroatoms. The molecule has 3 unspecified atom stereocenters. The van der Waals surface area contributed by atoms with Crippen LogP contribution in [0.5, 0.6) is 0 Å². The minimum atomic E-state index is -2.31. The van der Waals surface area contributed by atoms with Gasteiger partial charge >= 0.3 is 0 Å². The zero-order valence-electron chi connectivity index (χ0n) is 15.3. The number of benzene rings is 2. The number of carbonyl (C=O) groups is 1. The van der Waals surface area contributed by atoms with Crippen LogP contribution < -0.4 is 4.90 Å². The van der Waals surface area contributed by atoms with Crippen molar-refractivity contribution < 1.29 is 13.6 Å².